The van der Waals surface area contributed by atoms with Crippen LogP contribution in [0.4, 0.5) is 5.69 Å². The lowest BCUT2D eigenvalue weighted by molar-refractivity contribution is -0.136. The van der Waals surface area contributed by atoms with Gasteiger partial charge in [-0.3, -0.25) is 9.59 Å². The fraction of sp³-hybridized carbons (Fsp3) is 0.579. The summed E-state index contributed by atoms with van der Waals surface area (Å²) in [6.45, 7) is 4.27. The predicted octanol–water partition coefficient (Wildman–Crippen LogP) is 1.81. The number of nitrogens with zero attached hydrogens (tertiary/aromatic N) is 2. The maximum absolute atomic E-state index is 12.9. The first-order valence-corrected chi connectivity index (χ1v) is 8.98. The number of anilines is 1. The third-order valence-corrected chi connectivity index (χ3v) is 5.23. The van der Waals surface area contributed by atoms with Gasteiger partial charge >= 0.3 is 0 Å². The molecular weight excluding hydrogens is 302 g/mol. The molecule has 130 valence electrons. The van der Waals surface area contributed by atoms with Crippen molar-refractivity contribution in [1.82, 2.24) is 10.2 Å². The van der Waals surface area contributed by atoms with Crippen molar-refractivity contribution in [3.8, 4) is 0 Å². The molecule has 5 nitrogen and oxygen atoms in total. The van der Waals surface area contributed by atoms with Crippen molar-refractivity contribution in [3.05, 3.63) is 29.8 Å². The molecule has 2 aliphatic heterocycles. The molecule has 24 heavy (non-hydrogen) atoms. The van der Waals surface area contributed by atoms with Crippen molar-refractivity contribution in [2.24, 2.45) is 5.92 Å². The van der Waals surface area contributed by atoms with Gasteiger partial charge in [0.05, 0.1) is 5.92 Å². The molecule has 1 aromatic rings. The minimum absolute atomic E-state index is 0.0574. The Morgan fingerprint density at radius 3 is 2.71 bits per heavy atom. The van der Waals surface area contributed by atoms with Gasteiger partial charge in [0.25, 0.3) is 0 Å². The molecule has 2 amide bonds. The molecule has 2 saturated heterocycles. The van der Waals surface area contributed by atoms with E-state index in [1.165, 1.54) is 5.56 Å². The zero-order chi connectivity index (χ0) is 17.1. The van der Waals surface area contributed by atoms with Gasteiger partial charge < -0.3 is 15.1 Å². The lowest BCUT2D eigenvalue weighted by Gasteiger charge is -2.27. The van der Waals surface area contributed by atoms with Crippen LogP contribution in [0.1, 0.15) is 31.7 Å². The molecule has 0 saturated carbocycles. The van der Waals surface area contributed by atoms with E-state index >= 15 is 0 Å². The van der Waals surface area contributed by atoms with Gasteiger partial charge in [-0.05, 0) is 44.0 Å². The maximum Gasteiger partial charge on any atom is 0.228 e. The second kappa shape index (κ2) is 7.34. The van der Waals surface area contributed by atoms with Gasteiger partial charge in [0.15, 0.2) is 0 Å². The smallest absolute Gasteiger partial charge is 0.228 e. The molecule has 2 fully saturated rings. The van der Waals surface area contributed by atoms with Crippen molar-refractivity contribution in [1.29, 1.82) is 0 Å². The highest BCUT2D eigenvalue weighted by molar-refractivity contribution is 6.00. The van der Waals surface area contributed by atoms with Gasteiger partial charge in [-0.25, -0.2) is 0 Å². The van der Waals surface area contributed by atoms with Crippen LogP contribution < -0.4 is 10.2 Å². The van der Waals surface area contributed by atoms with Crippen LogP contribution in [0.3, 0.4) is 0 Å². The number of hydrogen-bond acceptors (Lipinski definition) is 3. The van der Waals surface area contributed by atoms with E-state index in [-0.39, 0.29) is 23.8 Å². The number of carbonyl (C=O) groups is 2. The Hall–Kier alpha value is -1.88. The lowest BCUT2D eigenvalue weighted by atomic mass is 10.1. The number of aryl methyl sites for hydroxylation is 1. The maximum atomic E-state index is 12.9. The Labute approximate surface area is 144 Å². The molecule has 1 N–H and O–H groups in total. The molecule has 0 aliphatic carbocycles. The molecule has 1 aromatic carbocycles. The van der Waals surface area contributed by atoms with E-state index in [1.54, 1.807) is 4.90 Å². The van der Waals surface area contributed by atoms with Gasteiger partial charge in [0.2, 0.25) is 11.8 Å². The minimum atomic E-state index is -0.208. The molecule has 2 atom stereocenters. The number of rotatable bonds is 5. The summed E-state index contributed by atoms with van der Waals surface area (Å²) in [7, 11) is 1.92. The Morgan fingerprint density at radius 2 is 2.04 bits per heavy atom. The van der Waals surface area contributed by atoms with E-state index in [4.69, 9.17) is 0 Å². The van der Waals surface area contributed by atoms with E-state index in [2.05, 4.69) is 24.4 Å². The van der Waals surface area contributed by atoms with Gasteiger partial charge in [0.1, 0.15) is 0 Å². The molecule has 0 aromatic heterocycles. The number of likely N-dealkylation sites (N-methyl/N-ethyl adjacent to an activating group) is 1. The molecule has 5 heteroatoms. The first-order chi connectivity index (χ1) is 11.6. The highest BCUT2D eigenvalue weighted by Gasteiger charge is 2.39. The zero-order valence-corrected chi connectivity index (χ0v) is 14.6. The Balaban J connectivity index is 1.68. The van der Waals surface area contributed by atoms with E-state index < -0.39 is 0 Å². The highest BCUT2D eigenvalue weighted by atomic mass is 16.2. The van der Waals surface area contributed by atoms with E-state index in [0.29, 0.717) is 13.0 Å². The van der Waals surface area contributed by atoms with Gasteiger partial charge in [0, 0.05) is 37.8 Å². The second-order valence-electron chi connectivity index (χ2n) is 6.81. The van der Waals surface area contributed by atoms with E-state index in [9.17, 15) is 9.59 Å². The summed E-state index contributed by atoms with van der Waals surface area (Å²) in [5.74, 6) is -0.00320. The standard InChI is InChI=1S/C19H27N3O2/c1-3-14-6-8-16(9-7-14)22-13-15(11-18(22)23)19(24)21-10-4-5-17(21)12-20-2/h6-9,15,17,20H,3-5,10-13H2,1-2H3. The van der Waals surface area contributed by atoms with Gasteiger partial charge in [-0.15, -0.1) is 0 Å². The number of carbonyl (C=O) groups excluding carboxylic acids is 2. The summed E-state index contributed by atoms with van der Waals surface area (Å²) in [6, 6.07) is 8.37. The molecule has 3 rings (SSSR count). The molecule has 2 heterocycles. The summed E-state index contributed by atoms with van der Waals surface area (Å²) < 4.78 is 0. The van der Waals surface area contributed by atoms with E-state index in [0.717, 1.165) is 38.0 Å². The summed E-state index contributed by atoms with van der Waals surface area (Å²) in [5.41, 5.74) is 2.16. The normalized spacial score (nSPS) is 24.0. The van der Waals surface area contributed by atoms with E-state index in [1.807, 2.05) is 24.1 Å². The first kappa shape index (κ1) is 17.0. The van der Waals surface area contributed by atoms with Crippen molar-refractivity contribution in [3.63, 3.8) is 0 Å². The number of amides is 2. The fourth-order valence-corrected chi connectivity index (χ4v) is 3.84. The molecule has 0 spiro atoms. The second-order valence-corrected chi connectivity index (χ2v) is 6.81. The third-order valence-electron chi connectivity index (χ3n) is 5.23. The van der Waals surface area contributed by atoms with Gasteiger partial charge in [-0.2, -0.15) is 0 Å². The number of benzene rings is 1. The van der Waals surface area contributed by atoms with Crippen molar-refractivity contribution in [2.75, 3.05) is 31.6 Å². The van der Waals surface area contributed by atoms with Crippen LogP contribution in [-0.2, 0) is 16.0 Å². The Kier molecular flexibility index (Phi) is 5.19. The van der Waals surface area contributed by atoms with Crippen LogP contribution in [0.25, 0.3) is 0 Å². The van der Waals surface area contributed by atoms with Gasteiger partial charge in [-0.1, -0.05) is 19.1 Å². The lowest BCUT2D eigenvalue weighted by Crippen LogP contribution is -2.44. The summed E-state index contributed by atoms with van der Waals surface area (Å²) >= 11 is 0. The zero-order valence-electron chi connectivity index (χ0n) is 14.6. The number of nitrogens with one attached hydrogen (secondary N) is 1. The number of hydrogen-bond donors (Lipinski definition) is 1. The topological polar surface area (TPSA) is 52.7 Å². The Bertz CT molecular complexity index is 599. The van der Waals surface area contributed by atoms with Crippen LogP contribution in [0.5, 0.6) is 0 Å². The van der Waals surface area contributed by atoms with Crippen molar-refractivity contribution in [2.45, 2.75) is 38.6 Å². The third kappa shape index (κ3) is 3.31. The SMILES string of the molecule is CCc1ccc(N2CC(C(=O)N3CCCC3CNC)CC2=O)cc1. The molecule has 2 unspecified atom stereocenters. The van der Waals surface area contributed by atoms with Crippen LogP contribution in [-0.4, -0.2) is 49.4 Å². The average Bonchev–Trinajstić information content (AvgIpc) is 3.21. The fourth-order valence-electron chi connectivity index (χ4n) is 3.84. The first-order valence-electron chi connectivity index (χ1n) is 8.98. The van der Waals surface area contributed by atoms with Crippen molar-refractivity contribution < 1.29 is 9.59 Å². The summed E-state index contributed by atoms with van der Waals surface area (Å²) in [4.78, 5) is 29.0. The quantitative estimate of drug-likeness (QED) is 0.896. The largest absolute Gasteiger partial charge is 0.338 e. The monoisotopic (exact) mass is 329 g/mol. The predicted molar refractivity (Wildman–Crippen MR) is 94.9 cm³/mol. The number of likely N-dealkylation sites (tertiary alicyclic amines) is 1. The summed E-state index contributed by atoms with van der Waals surface area (Å²) in [6.07, 6.45) is 3.42. The summed E-state index contributed by atoms with van der Waals surface area (Å²) in [5, 5.41) is 3.17. The minimum Gasteiger partial charge on any atom is -0.338 e. The van der Waals surface area contributed by atoms with Crippen molar-refractivity contribution >= 4 is 17.5 Å². The molecular formula is C19H27N3O2. The van der Waals surface area contributed by atoms with Crippen LogP contribution in [0.2, 0.25) is 0 Å². The molecule has 0 radical (unpaired) electrons. The average molecular weight is 329 g/mol. The van der Waals surface area contributed by atoms with Crippen LogP contribution in [0.15, 0.2) is 24.3 Å². The van der Waals surface area contributed by atoms with Crippen LogP contribution in [0, 0.1) is 5.92 Å². The molecule has 0 bridgehead atoms. The highest BCUT2D eigenvalue weighted by Crippen LogP contribution is 2.29. The molecule has 2 aliphatic rings. The van der Waals surface area contributed by atoms with Crippen LogP contribution >= 0.6 is 0 Å². The Morgan fingerprint density at radius 1 is 1.29 bits per heavy atom.